The fourth-order valence-corrected chi connectivity index (χ4v) is 4.56. The van der Waals surface area contributed by atoms with Crippen molar-refractivity contribution in [3.8, 4) is 5.75 Å². The second-order valence-electron chi connectivity index (χ2n) is 8.41. The molecule has 6 nitrogen and oxygen atoms in total. The highest BCUT2D eigenvalue weighted by atomic mass is 16.5. The summed E-state index contributed by atoms with van der Waals surface area (Å²) in [5.74, 6) is 0.977. The largest absolute Gasteiger partial charge is 0.497 e. The Kier molecular flexibility index (Phi) is 6.56. The Labute approximate surface area is 183 Å². The van der Waals surface area contributed by atoms with E-state index in [2.05, 4.69) is 0 Å². The first kappa shape index (κ1) is 21.4. The molecular weight excluding hydrogens is 392 g/mol. The quantitative estimate of drug-likeness (QED) is 0.718. The van der Waals surface area contributed by atoms with E-state index >= 15 is 0 Å². The van der Waals surface area contributed by atoms with E-state index in [1.807, 2.05) is 64.4 Å². The molecule has 1 spiro atoms. The Balaban J connectivity index is 1.47. The average molecular weight is 423 g/mol. The maximum atomic E-state index is 13.1. The molecule has 1 unspecified atom stereocenters. The fourth-order valence-electron chi connectivity index (χ4n) is 4.56. The van der Waals surface area contributed by atoms with Gasteiger partial charge in [0.2, 0.25) is 11.8 Å². The van der Waals surface area contributed by atoms with E-state index in [0.29, 0.717) is 52.1 Å². The van der Waals surface area contributed by atoms with Crippen LogP contribution in [0.2, 0.25) is 0 Å². The molecule has 164 valence electrons. The van der Waals surface area contributed by atoms with Gasteiger partial charge in [-0.25, -0.2) is 0 Å². The molecule has 2 amide bonds. The minimum Gasteiger partial charge on any atom is -0.497 e. The van der Waals surface area contributed by atoms with Gasteiger partial charge >= 0.3 is 0 Å². The van der Waals surface area contributed by atoms with Crippen LogP contribution in [0.25, 0.3) is 0 Å². The Morgan fingerprint density at radius 3 is 2.68 bits per heavy atom. The van der Waals surface area contributed by atoms with Crippen molar-refractivity contribution in [1.29, 1.82) is 0 Å². The monoisotopic (exact) mass is 422 g/mol. The van der Waals surface area contributed by atoms with E-state index in [0.717, 1.165) is 23.3 Å². The SMILES string of the molecule is COc1cccc(CCC(=O)N2CCC(=O)N(Cc3ccccc3)C3(CCOC3)C2)c1. The van der Waals surface area contributed by atoms with Gasteiger partial charge in [-0.1, -0.05) is 42.5 Å². The third-order valence-electron chi connectivity index (χ3n) is 6.33. The second-order valence-corrected chi connectivity index (χ2v) is 8.41. The van der Waals surface area contributed by atoms with E-state index in [1.165, 1.54) is 0 Å². The van der Waals surface area contributed by atoms with Gasteiger partial charge in [-0.2, -0.15) is 0 Å². The highest BCUT2D eigenvalue weighted by molar-refractivity contribution is 5.81. The normalized spacial score (nSPS) is 21.4. The molecule has 2 aromatic rings. The number of aryl methyl sites for hydroxylation is 1. The summed E-state index contributed by atoms with van der Waals surface area (Å²) in [5, 5.41) is 0. The summed E-state index contributed by atoms with van der Waals surface area (Å²) < 4.78 is 11.0. The van der Waals surface area contributed by atoms with Crippen molar-refractivity contribution in [2.75, 3.05) is 33.4 Å². The second kappa shape index (κ2) is 9.52. The number of benzene rings is 2. The van der Waals surface area contributed by atoms with Crippen LogP contribution in [0.1, 0.15) is 30.4 Å². The van der Waals surface area contributed by atoms with Gasteiger partial charge in [0.15, 0.2) is 0 Å². The first-order chi connectivity index (χ1) is 15.1. The minimum absolute atomic E-state index is 0.0865. The van der Waals surface area contributed by atoms with Crippen LogP contribution in [0.15, 0.2) is 54.6 Å². The highest BCUT2D eigenvalue weighted by Crippen LogP contribution is 2.32. The lowest BCUT2D eigenvalue weighted by Crippen LogP contribution is -2.56. The standard InChI is InChI=1S/C25H30N2O4/c1-30-22-9-5-8-20(16-22)10-11-23(28)26-14-12-24(29)27(17-21-6-3-2-4-7-21)25(18-26)13-15-31-19-25/h2-9,16H,10-15,17-19H2,1H3. The zero-order chi connectivity index (χ0) is 21.7. The number of carbonyl (C=O) groups excluding carboxylic acids is 2. The summed E-state index contributed by atoms with van der Waals surface area (Å²) in [4.78, 5) is 30.1. The van der Waals surface area contributed by atoms with Crippen LogP contribution in [0.5, 0.6) is 5.75 Å². The fraction of sp³-hybridized carbons (Fsp3) is 0.440. The summed E-state index contributed by atoms with van der Waals surface area (Å²) in [6, 6.07) is 17.9. The molecule has 0 radical (unpaired) electrons. The lowest BCUT2D eigenvalue weighted by Gasteiger charge is -2.40. The molecular formula is C25H30N2O4. The third kappa shape index (κ3) is 4.90. The molecule has 0 saturated carbocycles. The van der Waals surface area contributed by atoms with E-state index < -0.39 is 5.54 Å². The topological polar surface area (TPSA) is 59.1 Å². The van der Waals surface area contributed by atoms with Gasteiger partial charge in [0.05, 0.1) is 19.3 Å². The molecule has 0 aliphatic carbocycles. The van der Waals surface area contributed by atoms with Gasteiger partial charge in [-0.15, -0.1) is 0 Å². The Morgan fingerprint density at radius 1 is 1.13 bits per heavy atom. The third-order valence-corrected chi connectivity index (χ3v) is 6.33. The van der Waals surface area contributed by atoms with Crippen LogP contribution in [-0.4, -0.2) is 60.6 Å². The highest BCUT2D eigenvalue weighted by Gasteiger charge is 2.46. The molecule has 0 bridgehead atoms. The van der Waals surface area contributed by atoms with Gasteiger partial charge in [-0.3, -0.25) is 9.59 Å². The van der Waals surface area contributed by atoms with E-state index in [1.54, 1.807) is 7.11 Å². The first-order valence-electron chi connectivity index (χ1n) is 10.9. The zero-order valence-corrected chi connectivity index (χ0v) is 18.1. The van der Waals surface area contributed by atoms with Gasteiger partial charge in [-0.05, 0) is 36.1 Å². The number of amides is 2. The molecule has 2 aliphatic heterocycles. The summed E-state index contributed by atoms with van der Waals surface area (Å²) in [6.07, 6.45) is 2.17. The molecule has 0 N–H and O–H groups in total. The van der Waals surface area contributed by atoms with Gasteiger partial charge < -0.3 is 19.3 Å². The van der Waals surface area contributed by atoms with Crippen LogP contribution in [0.4, 0.5) is 0 Å². The van der Waals surface area contributed by atoms with Crippen LogP contribution in [-0.2, 0) is 27.3 Å². The van der Waals surface area contributed by atoms with Crippen molar-refractivity contribution >= 4 is 11.8 Å². The Bertz CT molecular complexity index is 909. The number of ether oxygens (including phenoxy) is 2. The van der Waals surface area contributed by atoms with Crippen molar-refractivity contribution in [1.82, 2.24) is 9.80 Å². The number of nitrogens with zero attached hydrogens (tertiary/aromatic N) is 2. The molecule has 2 aromatic carbocycles. The molecule has 31 heavy (non-hydrogen) atoms. The number of hydrogen-bond donors (Lipinski definition) is 0. The predicted molar refractivity (Wildman–Crippen MR) is 118 cm³/mol. The van der Waals surface area contributed by atoms with Crippen LogP contribution >= 0.6 is 0 Å². The molecule has 2 heterocycles. The Hall–Kier alpha value is -2.86. The van der Waals surface area contributed by atoms with Crippen molar-refractivity contribution in [2.45, 2.75) is 37.8 Å². The van der Waals surface area contributed by atoms with E-state index in [4.69, 9.17) is 9.47 Å². The smallest absolute Gasteiger partial charge is 0.225 e. The first-order valence-corrected chi connectivity index (χ1v) is 10.9. The number of methoxy groups -OCH3 is 1. The van der Waals surface area contributed by atoms with Crippen LogP contribution < -0.4 is 4.74 Å². The van der Waals surface area contributed by atoms with Crippen molar-refractivity contribution in [3.05, 3.63) is 65.7 Å². The molecule has 4 rings (SSSR count). The minimum atomic E-state index is -0.449. The maximum Gasteiger partial charge on any atom is 0.225 e. The maximum absolute atomic E-state index is 13.1. The van der Waals surface area contributed by atoms with Crippen molar-refractivity contribution < 1.29 is 19.1 Å². The van der Waals surface area contributed by atoms with Crippen LogP contribution in [0.3, 0.4) is 0 Å². The molecule has 2 fully saturated rings. The molecule has 1 atom stereocenters. The number of carbonyl (C=O) groups is 2. The van der Waals surface area contributed by atoms with Gasteiger partial charge in [0.25, 0.3) is 0 Å². The molecule has 0 aromatic heterocycles. The summed E-state index contributed by atoms with van der Waals surface area (Å²) in [6.45, 7) is 2.63. The number of rotatable bonds is 6. The zero-order valence-electron chi connectivity index (χ0n) is 18.1. The molecule has 2 aliphatic rings. The lowest BCUT2D eigenvalue weighted by molar-refractivity contribution is -0.138. The van der Waals surface area contributed by atoms with E-state index in [9.17, 15) is 9.59 Å². The van der Waals surface area contributed by atoms with Crippen molar-refractivity contribution in [3.63, 3.8) is 0 Å². The predicted octanol–water partition coefficient (Wildman–Crippen LogP) is 3.05. The van der Waals surface area contributed by atoms with Crippen molar-refractivity contribution in [2.24, 2.45) is 0 Å². The lowest BCUT2D eigenvalue weighted by atomic mass is 9.94. The number of hydrogen-bond acceptors (Lipinski definition) is 4. The summed E-state index contributed by atoms with van der Waals surface area (Å²) in [5.41, 5.74) is 1.72. The summed E-state index contributed by atoms with van der Waals surface area (Å²) >= 11 is 0. The summed E-state index contributed by atoms with van der Waals surface area (Å²) in [7, 11) is 1.64. The molecule has 6 heteroatoms. The average Bonchev–Trinajstić information content (AvgIpc) is 3.23. The van der Waals surface area contributed by atoms with Crippen LogP contribution in [0, 0.1) is 0 Å². The van der Waals surface area contributed by atoms with Gasteiger partial charge in [0, 0.05) is 39.1 Å². The van der Waals surface area contributed by atoms with Gasteiger partial charge in [0.1, 0.15) is 5.75 Å². The molecule has 2 saturated heterocycles. The van der Waals surface area contributed by atoms with E-state index in [-0.39, 0.29) is 11.8 Å². The Morgan fingerprint density at radius 2 is 1.94 bits per heavy atom.